The Morgan fingerprint density at radius 2 is 1.69 bits per heavy atom. The minimum atomic E-state index is -0.396. The van der Waals surface area contributed by atoms with Gasteiger partial charge in [-0.3, -0.25) is 0 Å². The number of rotatable bonds is 1. The first kappa shape index (κ1) is 8.25. The molecule has 0 aliphatic heterocycles. The lowest BCUT2D eigenvalue weighted by Gasteiger charge is -2.59. The van der Waals surface area contributed by atoms with E-state index in [0.717, 1.165) is 19.3 Å². The molecule has 0 heterocycles. The molecule has 0 aromatic carbocycles. The molecule has 4 aliphatic carbocycles. The van der Waals surface area contributed by atoms with E-state index in [-0.39, 0.29) is 5.41 Å². The minimum absolute atomic E-state index is 0.110. The largest absolute Gasteiger partial charge is 0.396 e. The van der Waals surface area contributed by atoms with Crippen LogP contribution in [-0.2, 0) is 0 Å². The number of hydrogen-bond acceptors (Lipinski definition) is 2. The van der Waals surface area contributed by atoms with Crippen molar-refractivity contribution in [1.82, 2.24) is 0 Å². The van der Waals surface area contributed by atoms with E-state index in [1.54, 1.807) is 0 Å². The normalized spacial score (nSPS) is 58.6. The first-order valence-corrected chi connectivity index (χ1v) is 5.46. The third kappa shape index (κ3) is 1.08. The van der Waals surface area contributed by atoms with Crippen molar-refractivity contribution < 1.29 is 10.2 Å². The smallest absolute Gasteiger partial charge is 0.0659 e. The Labute approximate surface area is 79.0 Å². The highest BCUT2D eigenvalue weighted by Crippen LogP contribution is 2.61. The average molecular weight is 182 g/mol. The van der Waals surface area contributed by atoms with Crippen LogP contribution in [0.2, 0.25) is 0 Å². The molecule has 0 spiro atoms. The fraction of sp³-hybridized carbons (Fsp3) is 1.00. The first-order valence-electron chi connectivity index (χ1n) is 5.46. The van der Waals surface area contributed by atoms with Gasteiger partial charge >= 0.3 is 0 Å². The lowest BCUT2D eigenvalue weighted by atomic mass is 9.48. The molecule has 4 fully saturated rings. The van der Waals surface area contributed by atoms with Crippen LogP contribution in [0.3, 0.4) is 0 Å². The zero-order valence-electron chi connectivity index (χ0n) is 8.00. The summed E-state index contributed by atoms with van der Waals surface area (Å²) in [7, 11) is 0. The Balaban J connectivity index is 1.95. The van der Waals surface area contributed by atoms with Crippen LogP contribution in [0.15, 0.2) is 0 Å². The maximum Gasteiger partial charge on any atom is 0.0659 e. The summed E-state index contributed by atoms with van der Waals surface area (Å²) < 4.78 is 0. The Kier molecular flexibility index (Phi) is 1.45. The van der Waals surface area contributed by atoms with E-state index in [1.165, 1.54) is 19.3 Å². The molecule has 4 bridgehead atoms. The molecule has 2 atom stereocenters. The average Bonchev–Trinajstić information content (AvgIpc) is 1.99. The number of aliphatic hydroxyl groups excluding tert-OH is 1. The van der Waals surface area contributed by atoms with Crippen molar-refractivity contribution >= 4 is 0 Å². The van der Waals surface area contributed by atoms with Crippen LogP contribution < -0.4 is 0 Å². The molecule has 4 saturated carbocycles. The highest BCUT2D eigenvalue weighted by Gasteiger charge is 2.56. The van der Waals surface area contributed by atoms with E-state index in [2.05, 4.69) is 0 Å². The van der Waals surface area contributed by atoms with Gasteiger partial charge < -0.3 is 10.2 Å². The summed E-state index contributed by atoms with van der Waals surface area (Å²) in [6, 6.07) is 0. The molecule has 2 nitrogen and oxygen atoms in total. The summed E-state index contributed by atoms with van der Waals surface area (Å²) in [5.41, 5.74) is -0.286. The maximum atomic E-state index is 10.3. The van der Waals surface area contributed by atoms with Gasteiger partial charge in [0.15, 0.2) is 0 Å². The predicted octanol–water partition coefficient (Wildman–Crippen LogP) is 1.31. The summed E-state index contributed by atoms with van der Waals surface area (Å²) in [6.45, 7) is 0.294. The fourth-order valence-corrected chi connectivity index (χ4v) is 4.59. The lowest BCUT2D eigenvalue weighted by molar-refractivity contribution is -0.174. The molecule has 4 aliphatic rings. The minimum Gasteiger partial charge on any atom is -0.396 e. The molecule has 13 heavy (non-hydrogen) atoms. The molecule has 0 radical (unpaired) electrons. The summed E-state index contributed by atoms with van der Waals surface area (Å²) in [4.78, 5) is 0. The van der Waals surface area contributed by atoms with E-state index >= 15 is 0 Å². The molecule has 2 N–H and O–H groups in total. The van der Waals surface area contributed by atoms with Gasteiger partial charge in [0.25, 0.3) is 0 Å². The van der Waals surface area contributed by atoms with Crippen molar-refractivity contribution in [2.24, 2.45) is 17.3 Å². The van der Waals surface area contributed by atoms with Crippen LogP contribution in [0.5, 0.6) is 0 Å². The third-order valence-corrected chi connectivity index (χ3v) is 4.49. The van der Waals surface area contributed by atoms with Crippen molar-refractivity contribution in [2.75, 3.05) is 6.61 Å². The van der Waals surface area contributed by atoms with Crippen LogP contribution in [0.25, 0.3) is 0 Å². The summed E-state index contributed by atoms with van der Waals surface area (Å²) in [5, 5.41) is 19.7. The standard InChI is InChI=1S/C11H18O2/c12-7-10-2-8-1-9(3-10)5-11(13,4-8)6-10/h8-9,12-13H,1-7H2/t8-,9-,10?,11?/m1/s1. The van der Waals surface area contributed by atoms with Crippen molar-refractivity contribution in [3.8, 4) is 0 Å². The molecule has 0 amide bonds. The van der Waals surface area contributed by atoms with Crippen molar-refractivity contribution in [3.05, 3.63) is 0 Å². The second-order valence-electron chi connectivity index (χ2n) is 5.84. The molecule has 0 aromatic rings. The van der Waals surface area contributed by atoms with Gasteiger partial charge in [-0.2, -0.15) is 0 Å². The van der Waals surface area contributed by atoms with Crippen molar-refractivity contribution in [1.29, 1.82) is 0 Å². The van der Waals surface area contributed by atoms with E-state index in [9.17, 15) is 10.2 Å². The topological polar surface area (TPSA) is 40.5 Å². The Morgan fingerprint density at radius 3 is 2.15 bits per heavy atom. The summed E-state index contributed by atoms with van der Waals surface area (Å²) in [5.74, 6) is 1.41. The van der Waals surface area contributed by atoms with E-state index < -0.39 is 5.60 Å². The van der Waals surface area contributed by atoms with Crippen LogP contribution in [0, 0.1) is 17.3 Å². The number of hydrogen-bond donors (Lipinski definition) is 2. The predicted molar refractivity (Wildman–Crippen MR) is 49.2 cm³/mol. The highest BCUT2D eigenvalue weighted by atomic mass is 16.3. The van der Waals surface area contributed by atoms with Gasteiger partial charge in [-0.05, 0) is 55.8 Å². The van der Waals surface area contributed by atoms with Gasteiger partial charge in [0.05, 0.1) is 5.60 Å². The molecule has 0 unspecified atom stereocenters. The van der Waals surface area contributed by atoms with Crippen LogP contribution in [0.4, 0.5) is 0 Å². The monoisotopic (exact) mass is 182 g/mol. The SMILES string of the molecule is OCC12C[C@H]3C[C@@H](CC(O)(C3)C1)C2. The summed E-state index contributed by atoms with van der Waals surface area (Å²) in [6.07, 6.45) is 6.52. The maximum absolute atomic E-state index is 10.3. The highest BCUT2D eigenvalue weighted by molar-refractivity contribution is 5.07. The van der Waals surface area contributed by atoms with Gasteiger partial charge in [-0.25, -0.2) is 0 Å². The fourth-order valence-electron chi connectivity index (χ4n) is 4.59. The summed E-state index contributed by atoms with van der Waals surface area (Å²) >= 11 is 0. The third-order valence-electron chi connectivity index (χ3n) is 4.49. The first-order chi connectivity index (χ1) is 6.13. The Bertz CT molecular complexity index is 222. The molecule has 0 aromatic heterocycles. The van der Waals surface area contributed by atoms with Gasteiger partial charge in [-0.15, -0.1) is 0 Å². The number of aliphatic hydroxyl groups is 2. The van der Waals surface area contributed by atoms with Crippen molar-refractivity contribution in [2.45, 2.75) is 44.1 Å². The quantitative estimate of drug-likeness (QED) is 0.642. The zero-order valence-corrected chi connectivity index (χ0v) is 8.00. The van der Waals surface area contributed by atoms with Crippen LogP contribution in [0.1, 0.15) is 38.5 Å². The van der Waals surface area contributed by atoms with Crippen LogP contribution >= 0.6 is 0 Å². The van der Waals surface area contributed by atoms with Gasteiger partial charge in [0.2, 0.25) is 0 Å². The van der Waals surface area contributed by atoms with E-state index in [4.69, 9.17) is 0 Å². The van der Waals surface area contributed by atoms with Gasteiger partial charge in [0.1, 0.15) is 0 Å². The second-order valence-corrected chi connectivity index (χ2v) is 5.84. The van der Waals surface area contributed by atoms with Gasteiger partial charge in [0, 0.05) is 6.61 Å². The molecular weight excluding hydrogens is 164 g/mol. The Hall–Kier alpha value is -0.0800. The van der Waals surface area contributed by atoms with Gasteiger partial charge in [-0.1, -0.05) is 0 Å². The molecule has 74 valence electrons. The zero-order chi connectivity index (χ0) is 9.10. The lowest BCUT2D eigenvalue weighted by Crippen LogP contribution is -2.56. The van der Waals surface area contributed by atoms with E-state index in [0.29, 0.717) is 18.4 Å². The molecule has 0 saturated heterocycles. The molecular formula is C11H18O2. The van der Waals surface area contributed by atoms with Crippen LogP contribution in [-0.4, -0.2) is 22.4 Å². The Morgan fingerprint density at radius 1 is 1.08 bits per heavy atom. The van der Waals surface area contributed by atoms with Crippen molar-refractivity contribution in [3.63, 3.8) is 0 Å². The second kappa shape index (κ2) is 2.29. The van der Waals surface area contributed by atoms with E-state index in [1.807, 2.05) is 0 Å². The molecule has 4 rings (SSSR count). The molecule has 2 heteroatoms.